The predicted octanol–water partition coefficient (Wildman–Crippen LogP) is 3.81. The Kier molecular flexibility index (Phi) is 6.29. The summed E-state index contributed by atoms with van der Waals surface area (Å²) in [6, 6.07) is 15.9. The molecule has 15 heteroatoms. The van der Waals surface area contributed by atoms with Gasteiger partial charge in [-0.05, 0) is 36.6 Å². The van der Waals surface area contributed by atoms with Gasteiger partial charge in [0.25, 0.3) is 10.0 Å². The van der Waals surface area contributed by atoms with Crippen molar-refractivity contribution in [2.24, 2.45) is 0 Å². The van der Waals surface area contributed by atoms with Crippen LogP contribution in [0.2, 0.25) is 0 Å². The van der Waals surface area contributed by atoms with Crippen LogP contribution in [0.5, 0.6) is 0 Å². The zero-order valence-corrected chi connectivity index (χ0v) is 25.2. The van der Waals surface area contributed by atoms with Gasteiger partial charge < -0.3 is 0 Å². The van der Waals surface area contributed by atoms with E-state index in [1.54, 1.807) is 54.5 Å². The molecule has 6 aromatic rings. The smallest absolute Gasteiger partial charge is 0.269 e. The Bertz CT molecular complexity index is 2260. The third-order valence-corrected chi connectivity index (χ3v) is 12.1. The number of nitrogens with zero attached hydrogens (tertiary/aromatic N) is 8. The number of rotatable bonds is 8. The number of hydrogen-bond donors (Lipinski definition) is 0. The first-order valence-electron chi connectivity index (χ1n) is 13.3. The van der Waals surface area contributed by atoms with Crippen LogP contribution in [0.4, 0.5) is 0 Å². The highest BCUT2D eigenvalue weighted by molar-refractivity contribution is 7.90. The van der Waals surface area contributed by atoms with Gasteiger partial charge in [0.05, 0.1) is 51.6 Å². The predicted molar refractivity (Wildman–Crippen MR) is 162 cm³/mol. The van der Waals surface area contributed by atoms with Crippen LogP contribution in [0.3, 0.4) is 0 Å². The Morgan fingerprint density at radius 3 is 2.53 bits per heavy atom. The number of nitriles is 1. The number of pyridine rings is 1. The van der Waals surface area contributed by atoms with Gasteiger partial charge in [-0.3, -0.25) is 9.25 Å². The second kappa shape index (κ2) is 9.85. The molecule has 0 atom stereocenters. The van der Waals surface area contributed by atoms with Crippen LogP contribution in [0.1, 0.15) is 13.3 Å². The third-order valence-electron chi connectivity index (χ3n) is 7.76. The van der Waals surface area contributed by atoms with Crippen LogP contribution in [-0.2, 0) is 25.6 Å². The fourth-order valence-electron chi connectivity index (χ4n) is 5.51. The van der Waals surface area contributed by atoms with Crippen molar-refractivity contribution < 1.29 is 16.8 Å². The van der Waals surface area contributed by atoms with E-state index in [4.69, 9.17) is 4.98 Å². The van der Waals surface area contributed by atoms with E-state index >= 15 is 0 Å². The van der Waals surface area contributed by atoms with Gasteiger partial charge in [-0.25, -0.2) is 30.8 Å². The third kappa shape index (κ3) is 4.20. The molecule has 1 aliphatic heterocycles. The first kappa shape index (κ1) is 27.5. The molecule has 1 fully saturated rings. The fraction of sp³-hybridized carbons (Fsp3) is 0.214. The lowest BCUT2D eigenvalue weighted by Gasteiger charge is -2.47. The fourth-order valence-corrected chi connectivity index (χ4v) is 8.78. The molecule has 0 spiro atoms. The molecule has 0 aliphatic carbocycles. The second-order valence-corrected chi connectivity index (χ2v) is 15.3. The molecule has 43 heavy (non-hydrogen) atoms. The lowest BCUT2D eigenvalue weighted by atomic mass is 9.89. The van der Waals surface area contributed by atoms with Crippen molar-refractivity contribution in [3.63, 3.8) is 0 Å². The van der Waals surface area contributed by atoms with Gasteiger partial charge in [0.2, 0.25) is 10.0 Å². The molecule has 1 aromatic carbocycles. The number of fused-ring (bicyclic) bond motifs is 3. The second-order valence-electron chi connectivity index (χ2n) is 10.3. The molecule has 0 amide bonds. The summed E-state index contributed by atoms with van der Waals surface area (Å²) in [7, 11) is -7.32. The molecule has 7 rings (SSSR count). The Hall–Kier alpha value is -4.36. The molecular formula is C28H24N8O4S3. The first-order valence-corrected chi connectivity index (χ1v) is 17.2. The minimum Gasteiger partial charge on any atom is -0.288 e. The van der Waals surface area contributed by atoms with E-state index < -0.39 is 25.6 Å². The molecule has 0 bridgehead atoms. The summed E-state index contributed by atoms with van der Waals surface area (Å²) < 4.78 is 58.1. The zero-order chi connectivity index (χ0) is 30.0. The summed E-state index contributed by atoms with van der Waals surface area (Å²) in [5.41, 5.74) is 1.29. The molecule has 6 heterocycles. The molecule has 1 saturated heterocycles. The Labute approximate surface area is 251 Å². The average Bonchev–Trinajstić information content (AvgIpc) is 3.79. The minimum atomic E-state index is -3.92. The van der Waals surface area contributed by atoms with Gasteiger partial charge in [0, 0.05) is 30.9 Å². The van der Waals surface area contributed by atoms with Crippen molar-refractivity contribution in [2.45, 2.75) is 23.8 Å². The highest BCUT2D eigenvalue weighted by atomic mass is 32.2. The Morgan fingerprint density at radius 1 is 1.05 bits per heavy atom. The van der Waals surface area contributed by atoms with Crippen molar-refractivity contribution in [3.05, 3.63) is 78.7 Å². The zero-order valence-electron chi connectivity index (χ0n) is 22.8. The summed E-state index contributed by atoms with van der Waals surface area (Å²) >= 11 is 1.51. The van der Waals surface area contributed by atoms with Gasteiger partial charge in [-0.2, -0.15) is 14.7 Å². The van der Waals surface area contributed by atoms with Crippen LogP contribution in [0.15, 0.2) is 83.6 Å². The highest BCUT2D eigenvalue weighted by Gasteiger charge is 2.49. The van der Waals surface area contributed by atoms with Crippen molar-refractivity contribution in [1.82, 2.24) is 32.6 Å². The van der Waals surface area contributed by atoms with E-state index in [-0.39, 0.29) is 35.8 Å². The monoisotopic (exact) mass is 632 g/mol. The van der Waals surface area contributed by atoms with Crippen LogP contribution in [0, 0.1) is 11.3 Å². The summed E-state index contributed by atoms with van der Waals surface area (Å²) in [6.07, 6.45) is 6.57. The maximum absolute atomic E-state index is 13.5. The van der Waals surface area contributed by atoms with Crippen molar-refractivity contribution in [1.29, 1.82) is 5.26 Å². The van der Waals surface area contributed by atoms with Crippen LogP contribution >= 0.6 is 11.3 Å². The van der Waals surface area contributed by atoms with Gasteiger partial charge in [-0.15, -0.1) is 11.3 Å². The minimum absolute atomic E-state index is 0.0190. The van der Waals surface area contributed by atoms with Gasteiger partial charge >= 0.3 is 0 Å². The van der Waals surface area contributed by atoms with Crippen molar-refractivity contribution >= 4 is 53.5 Å². The van der Waals surface area contributed by atoms with Crippen LogP contribution in [-0.4, -0.2) is 68.3 Å². The number of sulfonamides is 1. The van der Waals surface area contributed by atoms with Crippen LogP contribution in [0.25, 0.3) is 38.5 Å². The van der Waals surface area contributed by atoms with Crippen molar-refractivity contribution in [2.75, 3.05) is 18.8 Å². The van der Waals surface area contributed by atoms with Crippen molar-refractivity contribution in [3.8, 4) is 22.5 Å². The molecule has 12 nitrogen and oxygen atoms in total. The lowest BCUT2D eigenvalue weighted by Crippen LogP contribution is -2.64. The Morgan fingerprint density at radius 2 is 1.84 bits per heavy atom. The standard InChI is InChI=1S/C28H24N8O4S3/c1-2-42(37,38)33-18-28(19-33,11-12-29)35-17-20(15-31-35)36-25-22-10-13-34(43(39,40)21-7-4-3-5-8-21)26(22)30-16-23(25)32-27(36)24-9-6-14-41-24/h3-10,13-17H,2,11,18-19H2,1H3. The SMILES string of the molecule is CCS(=O)(=O)N1CC(CC#N)(n2cc(-n3c(-c4cccs4)nc4cnc5c(ccn5S(=O)(=O)c5ccccc5)c43)cn2)C1. The maximum Gasteiger partial charge on any atom is 0.269 e. The number of benzene rings is 1. The van der Waals surface area contributed by atoms with E-state index in [1.165, 1.54) is 37.9 Å². The Balaban J connectivity index is 1.41. The molecule has 5 aromatic heterocycles. The number of imidazole rings is 1. The number of thiophene rings is 1. The molecule has 0 unspecified atom stereocenters. The maximum atomic E-state index is 13.5. The quantitative estimate of drug-likeness (QED) is 0.246. The molecule has 218 valence electrons. The molecule has 0 radical (unpaired) electrons. The van der Waals surface area contributed by atoms with Gasteiger partial charge in [0.15, 0.2) is 11.5 Å². The molecule has 0 N–H and O–H groups in total. The average molecular weight is 633 g/mol. The number of aromatic nitrogens is 6. The van der Waals surface area contributed by atoms with E-state index in [0.717, 1.165) is 4.88 Å². The normalized spacial score (nSPS) is 15.5. The van der Waals surface area contributed by atoms with E-state index in [9.17, 15) is 22.1 Å². The largest absolute Gasteiger partial charge is 0.288 e. The molecular weight excluding hydrogens is 609 g/mol. The van der Waals surface area contributed by atoms with E-state index in [2.05, 4.69) is 16.2 Å². The summed E-state index contributed by atoms with van der Waals surface area (Å²) in [5.74, 6) is 0.602. The highest BCUT2D eigenvalue weighted by Crippen LogP contribution is 2.38. The molecule has 0 saturated carbocycles. The number of hydrogen-bond acceptors (Lipinski definition) is 9. The van der Waals surface area contributed by atoms with Crippen LogP contribution < -0.4 is 0 Å². The summed E-state index contributed by atoms with van der Waals surface area (Å²) in [6.45, 7) is 1.89. The first-order chi connectivity index (χ1) is 20.7. The molecule has 1 aliphatic rings. The summed E-state index contributed by atoms with van der Waals surface area (Å²) in [4.78, 5) is 10.4. The topological polar surface area (TPSA) is 149 Å². The van der Waals surface area contributed by atoms with E-state index in [1.807, 2.05) is 22.1 Å². The lowest BCUT2D eigenvalue weighted by molar-refractivity contribution is 0.0718. The van der Waals surface area contributed by atoms with Gasteiger partial charge in [0.1, 0.15) is 11.1 Å². The van der Waals surface area contributed by atoms with E-state index in [0.29, 0.717) is 27.9 Å². The van der Waals surface area contributed by atoms with Gasteiger partial charge in [-0.1, -0.05) is 24.3 Å². The summed E-state index contributed by atoms with van der Waals surface area (Å²) in [5, 5.41) is 16.7.